The number of halogens is 1. The summed E-state index contributed by atoms with van der Waals surface area (Å²) in [7, 11) is -3.59. The molecule has 0 spiro atoms. The summed E-state index contributed by atoms with van der Waals surface area (Å²) in [6, 6.07) is 9.73. The Kier molecular flexibility index (Phi) is 6.92. The van der Waals surface area contributed by atoms with Crippen molar-refractivity contribution in [3.63, 3.8) is 0 Å². The summed E-state index contributed by atoms with van der Waals surface area (Å²) in [5.74, 6) is -0.540. The van der Waals surface area contributed by atoms with Gasteiger partial charge in [-0.05, 0) is 62.2 Å². The van der Waals surface area contributed by atoms with Crippen molar-refractivity contribution in [2.45, 2.75) is 38.1 Å². The molecule has 0 aromatic heterocycles. The van der Waals surface area contributed by atoms with Gasteiger partial charge in [0.15, 0.2) is 6.61 Å². The van der Waals surface area contributed by atoms with Gasteiger partial charge in [0.05, 0.1) is 4.90 Å². The molecule has 0 saturated heterocycles. The Balaban J connectivity index is 1.95. The molecule has 0 bridgehead atoms. The molecule has 2 aromatic carbocycles. The molecule has 146 valence electrons. The lowest BCUT2D eigenvalue weighted by atomic mass is 10.2. The van der Waals surface area contributed by atoms with Crippen LogP contribution in [0, 0.1) is 12.7 Å². The number of hydrogen-bond acceptors (Lipinski definition) is 4. The molecule has 1 amide bonds. The topological polar surface area (TPSA) is 84.5 Å². The Morgan fingerprint density at radius 1 is 1.19 bits per heavy atom. The van der Waals surface area contributed by atoms with Gasteiger partial charge >= 0.3 is 0 Å². The molecular formula is C19H23FN2O4S. The predicted molar refractivity (Wildman–Crippen MR) is 102 cm³/mol. The van der Waals surface area contributed by atoms with Gasteiger partial charge in [-0.25, -0.2) is 17.5 Å². The van der Waals surface area contributed by atoms with Crippen LogP contribution in [0.2, 0.25) is 0 Å². The van der Waals surface area contributed by atoms with Gasteiger partial charge in [0, 0.05) is 11.7 Å². The monoisotopic (exact) mass is 394 g/mol. The Hall–Kier alpha value is -2.45. The number of hydrogen-bond donors (Lipinski definition) is 2. The van der Waals surface area contributed by atoms with Crippen LogP contribution < -0.4 is 14.8 Å². The quantitative estimate of drug-likeness (QED) is 0.720. The first-order valence-electron chi connectivity index (χ1n) is 8.52. The fourth-order valence-electron chi connectivity index (χ4n) is 2.20. The number of amides is 1. The highest BCUT2D eigenvalue weighted by Gasteiger charge is 2.16. The fraction of sp³-hybridized carbons (Fsp3) is 0.316. The molecule has 8 heteroatoms. The van der Waals surface area contributed by atoms with Crippen molar-refractivity contribution in [2.24, 2.45) is 0 Å². The summed E-state index contributed by atoms with van der Waals surface area (Å²) in [6.07, 6.45) is 0.681. The van der Waals surface area contributed by atoms with E-state index in [2.05, 4.69) is 10.0 Å². The van der Waals surface area contributed by atoms with E-state index in [4.69, 9.17) is 4.74 Å². The van der Waals surface area contributed by atoms with Crippen LogP contribution in [0.3, 0.4) is 0 Å². The average molecular weight is 394 g/mol. The minimum atomic E-state index is -3.59. The maximum absolute atomic E-state index is 13.2. The van der Waals surface area contributed by atoms with Crippen molar-refractivity contribution in [1.82, 2.24) is 4.72 Å². The molecule has 2 rings (SSSR count). The van der Waals surface area contributed by atoms with E-state index in [9.17, 15) is 17.6 Å². The van der Waals surface area contributed by atoms with Gasteiger partial charge in [-0.15, -0.1) is 0 Å². The molecule has 0 heterocycles. The van der Waals surface area contributed by atoms with Crippen LogP contribution in [-0.4, -0.2) is 27.0 Å². The number of carbonyl (C=O) groups excluding carboxylic acids is 1. The molecular weight excluding hydrogens is 371 g/mol. The van der Waals surface area contributed by atoms with Crippen LogP contribution in [-0.2, 0) is 14.8 Å². The van der Waals surface area contributed by atoms with Gasteiger partial charge in [0.25, 0.3) is 5.91 Å². The Labute approximate surface area is 158 Å². The molecule has 0 aliphatic heterocycles. The molecule has 0 radical (unpaired) electrons. The number of benzene rings is 2. The second-order valence-electron chi connectivity index (χ2n) is 6.20. The van der Waals surface area contributed by atoms with Crippen LogP contribution in [0.1, 0.15) is 25.8 Å². The number of sulfonamides is 1. The molecule has 6 nitrogen and oxygen atoms in total. The van der Waals surface area contributed by atoms with Gasteiger partial charge in [-0.1, -0.05) is 13.0 Å². The molecule has 0 fully saturated rings. The molecule has 2 aromatic rings. The highest BCUT2D eigenvalue weighted by molar-refractivity contribution is 7.89. The zero-order chi connectivity index (χ0) is 20.0. The molecule has 2 N–H and O–H groups in total. The molecule has 0 aliphatic rings. The maximum atomic E-state index is 13.2. The number of aryl methyl sites for hydroxylation is 1. The summed E-state index contributed by atoms with van der Waals surface area (Å²) >= 11 is 0. The fourth-order valence-corrected chi connectivity index (χ4v) is 3.52. The van der Waals surface area contributed by atoms with Crippen molar-refractivity contribution in [2.75, 3.05) is 11.9 Å². The molecule has 0 saturated carbocycles. The second kappa shape index (κ2) is 8.96. The van der Waals surface area contributed by atoms with Crippen molar-refractivity contribution in [3.05, 3.63) is 53.8 Å². The summed E-state index contributed by atoms with van der Waals surface area (Å²) in [5.41, 5.74) is 1.11. The van der Waals surface area contributed by atoms with Crippen LogP contribution >= 0.6 is 0 Å². The zero-order valence-corrected chi connectivity index (χ0v) is 16.3. The van der Waals surface area contributed by atoms with Crippen molar-refractivity contribution in [3.8, 4) is 5.75 Å². The summed E-state index contributed by atoms with van der Waals surface area (Å²) in [5, 5.41) is 2.58. The van der Waals surface area contributed by atoms with Crippen molar-refractivity contribution in [1.29, 1.82) is 0 Å². The van der Waals surface area contributed by atoms with E-state index in [0.717, 1.165) is 5.56 Å². The average Bonchev–Trinajstić information content (AvgIpc) is 2.63. The van der Waals surface area contributed by atoms with E-state index in [-0.39, 0.29) is 17.5 Å². The Morgan fingerprint density at radius 2 is 1.85 bits per heavy atom. The summed E-state index contributed by atoms with van der Waals surface area (Å²) in [6.45, 7) is 5.14. The molecule has 1 unspecified atom stereocenters. The Bertz CT molecular complexity index is 898. The third kappa shape index (κ3) is 6.04. The van der Waals surface area contributed by atoms with E-state index >= 15 is 0 Å². The zero-order valence-electron chi connectivity index (χ0n) is 15.5. The normalized spacial score (nSPS) is 12.4. The highest BCUT2D eigenvalue weighted by atomic mass is 32.2. The van der Waals surface area contributed by atoms with Crippen LogP contribution in [0.25, 0.3) is 0 Å². The molecule has 1 atom stereocenters. The summed E-state index contributed by atoms with van der Waals surface area (Å²) < 4.78 is 45.6. The van der Waals surface area contributed by atoms with Gasteiger partial charge < -0.3 is 10.1 Å². The first-order valence-corrected chi connectivity index (χ1v) is 10.0. The third-order valence-electron chi connectivity index (χ3n) is 3.95. The summed E-state index contributed by atoms with van der Waals surface area (Å²) in [4.78, 5) is 12.1. The first kappa shape index (κ1) is 20.9. The largest absolute Gasteiger partial charge is 0.484 e. The van der Waals surface area contributed by atoms with Crippen LogP contribution in [0.5, 0.6) is 5.75 Å². The second-order valence-corrected chi connectivity index (χ2v) is 7.91. The van der Waals surface area contributed by atoms with Crippen LogP contribution in [0.4, 0.5) is 10.1 Å². The van der Waals surface area contributed by atoms with Crippen LogP contribution in [0.15, 0.2) is 47.4 Å². The number of anilines is 1. The van der Waals surface area contributed by atoms with Gasteiger partial charge in [0.1, 0.15) is 11.6 Å². The SMILES string of the molecule is CCC(C)NS(=O)(=O)c1ccc(OCC(=O)Nc2cc(F)ccc2C)cc1. The van der Waals surface area contributed by atoms with E-state index in [1.54, 1.807) is 19.9 Å². The van der Waals surface area contributed by atoms with Gasteiger partial charge in [-0.3, -0.25) is 4.79 Å². The number of rotatable bonds is 8. The van der Waals surface area contributed by atoms with E-state index in [1.807, 2.05) is 6.92 Å². The molecule has 0 aliphatic carbocycles. The standard InChI is InChI=1S/C19H23FN2O4S/c1-4-14(3)22-27(24,25)17-9-7-16(8-10-17)26-12-19(23)21-18-11-15(20)6-5-13(18)2/h5-11,14,22H,4,12H2,1-3H3,(H,21,23). The molecule has 27 heavy (non-hydrogen) atoms. The first-order chi connectivity index (χ1) is 12.7. The number of carbonyl (C=O) groups is 1. The van der Waals surface area contributed by atoms with Gasteiger partial charge in [0.2, 0.25) is 10.0 Å². The minimum Gasteiger partial charge on any atom is -0.484 e. The maximum Gasteiger partial charge on any atom is 0.262 e. The van der Waals surface area contributed by atoms with E-state index < -0.39 is 21.7 Å². The third-order valence-corrected chi connectivity index (χ3v) is 5.55. The van der Waals surface area contributed by atoms with E-state index in [1.165, 1.54) is 36.4 Å². The Morgan fingerprint density at radius 3 is 2.48 bits per heavy atom. The predicted octanol–water partition coefficient (Wildman–Crippen LogP) is 3.23. The lowest BCUT2D eigenvalue weighted by Gasteiger charge is -2.13. The number of ether oxygens (including phenoxy) is 1. The van der Waals surface area contributed by atoms with Gasteiger partial charge in [-0.2, -0.15) is 0 Å². The smallest absolute Gasteiger partial charge is 0.262 e. The van der Waals surface area contributed by atoms with Crippen molar-refractivity contribution >= 4 is 21.6 Å². The highest BCUT2D eigenvalue weighted by Crippen LogP contribution is 2.18. The number of nitrogens with one attached hydrogen (secondary N) is 2. The minimum absolute atomic E-state index is 0.120. The van der Waals surface area contributed by atoms with E-state index in [0.29, 0.717) is 17.9 Å². The lowest BCUT2D eigenvalue weighted by molar-refractivity contribution is -0.118. The van der Waals surface area contributed by atoms with Crippen molar-refractivity contribution < 1.29 is 22.3 Å². The lowest BCUT2D eigenvalue weighted by Crippen LogP contribution is -2.31.